The molecule has 8 aromatic carbocycles. The van der Waals surface area contributed by atoms with Crippen LogP contribution in [0.2, 0.25) is 0 Å². The number of fused-ring (bicyclic) bond motifs is 3. The van der Waals surface area contributed by atoms with Crippen LogP contribution in [0.1, 0.15) is 272 Å². The molecule has 1 atom stereocenters. The van der Waals surface area contributed by atoms with E-state index in [0.29, 0.717) is 46.7 Å². The maximum atomic E-state index is 12.4. The Bertz CT molecular complexity index is 3800. The highest BCUT2D eigenvalue weighted by Crippen LogP contribution is 2.33. The van der Waals surface area contributed by atoms with Crippen LogP contribution in [-0.2, 0) is 27.3 Å². The fraction of sp³-hybridized carbons (Fsp3) is 0.404. The van der Waals surface area contributed by atoms with E-state index in [9.17, 15) is 43.2 Å². The molecule has 0 aliphatic carbocycles. The SMILES string of the molecule is C.C.CC.CC.CC.CC.CC.CC.CC(C)N1C(=O)CC(c2ccccc2)C1=O.CC(C)N1C(=O)c2cc3ccccc3cc2C1=O.CC(C)N1C(=O)c2cccc3cccc(c23)C1=O.CC(C)N1Cc2ccccc2C1=O.CC(C)NC(=O)Cc1ccccc1.CC(C)NC(=O)c1ccccc1. The van der Waals surface area contributed by atoms with Gasteiger partial charge in [0.15, 0.2) is 0 Å². The minimum absolute atomic E-state index is 0. The maximum absolute atomic E-state index is 12.4. The normalized spacial score (nSPS) is 13.0. The van der Waals surface area contributed by atoms with Crippen LogP contribution in [0.25, 0.3) is 21.5 Å². The Labute approximate surface area is 625 Å². The van der Waals surface area contributed by atoms with Gasteiger partial charge in [-0.1, -0.05) is 244 Å². The Morgan fingerprint density at radius 1 is 0.385 bits per heavy atom. The molecule has 104 heavy (non-hydrogen) atoms. The molecule has 0 spiro atoms. The molecule has 9 amide bonds. The molecule has 15 nitrogen and oxygen atoms in total. The first kappa shape index (κ1) is 96.2. The summed E-state index contributed by atoms with van der Waals surface area (Å²) in [6.45, 7) is 47.8. The number of rotatable bonds is 10. The molecule has 2 N–H and O–H groups in total. The van der Waals surface area contributed by atoms with Gasteiger partial charge in [-0.25, -0.2) is 0 Å². The van der Waals surface area contributed by atoms with Gasteiger partial charge in [-0.2, -0.15) is 0 Å². The molecule has 0 saturated carbocycles. The van der Waals surface area contributed by atoms with Crippen molar-refractivity contribution in [3.05, 3.63) is 238 Å². The van der Waals surface area contributed by atoms with Crippen molar-refractivity contribution in [2.24, 2.45) is 0 Å². The van der Waals surface area contributed by atoms with E-state index < -0.39 is 0 Å². The Balaban J connectivity index is 0. The van der Waals surface area contributed by atoms with Crippen molar-refractivity contribution in [1.29, 1.82) is 0 Å². The number of benzene rings is 8. The molecule has 4 aliphatic heterocycles. The predicted molar refractivity (Wildman–Crippen MR) is 435 cm³/mol. The average Bonchev–Trinajstić information content (AvgIpc) is 1.10. The van der Waals surface area contributed by atoms with Crippen molar-refractivity contribution in [2.75, 3.05) is 0 Å². The maximum Gasteiger partial charge on any atom is 0.261 e. The number of nitrogens with zero attached hydrogens (tertiary/aromatic N) is 4. The third-order valence-corrected chi connectivity index (χ3v) is 15.1. The number of likely N-dealkylation sites (tertiary alicyclic amines) is 1. The van der Waals surface area contributed by atoms with E-state index in [1.807, 2.05) is 335 Å². The summed E-state index contributed by atoms with van der Waals surface area (Å²) in [5.74, 6) is -0.918. The van der Waals surface area contributed by atoms with Crippen LogP contribution in [0.15, 0.2) is 188 Å². The summed E-state index contributed by atoms with van der Waals surface area (Å²) in [5, 5.41) is 9.37. The van der Waals surface area contributed by atoms with Gasteiger partial charge in [-0.3, -0.25) is 57.9 Å². The van der Waals surface area contributed by atoms with Gasteiger partial charge in [0.05, 0.1) is 23.5 Å². The van der Waals surface area contributed by atoms with E-state index in [1.165, 1.54) is 14.7 Å². The first-order valence-corrected chi connectivity index (χ1v) is 36.7. The number of hydrogen-bond acceptors (Lipinski definition) is 9. The summed E-state index contributed by atoms with van der Waals surface area (Å²) < 4.78 is 0. The highest BCUT2D eigenvalue weighted by molar-refractivity contribution is 6.26. The number of amides is 9. The largest absolute Gasteiger partial charge is 0.354 e. The molecule has 566 valence electrons. The summed E-state index contributed by atoms with van der Waals surface area (Å²) >= 11 is 0. The fourth-order valence-corrected chi connectivity index (χ4v) is 10.9. The number of carbonyl (C=O) groups is 9. The smallest absolute Gasteiger partial charge is 0.261 e. The summed E-state index contributed by atoms with van der Waals surface area (Å²) in [6.07, 6.45) is 0.778. The van der Waals surface area contributed by atoms with Crippen molar-refractivity contribution in [3.8, 4) is 0 Å². The first-order chi connectivity index (χ1) is 48.9. The summed E-state index contributed by atoms with van der Waals surface area (Å²) in [4.78, 5) is 113. The number of hydrogen-bond donors (Lipinski definition) is 2. The number of imide groups is 3. The van der Waals surface area contributed by atoms with Crippen LogP contribution in [0, 0.1) is 0 Å². The van der Waals surface area contributed by atoms with Crippen LogP contribution >= 0.6 is 0 Å². The fourth-order valence-electron chi connectivity index (χ4n) is 10.9. The van der Waals surface area contributed by atoms with Gasteiger partial charge >= 0.3 is 0 Å². The van der Waals surface area contributed by atoms with Gasteiger partial charge in [-0.15, -0.1) is 0 Å². The molecule has 0 aromatic heterocycles. The van der Waals surface area contributed by atoms with Crippen LogP contribution in [-0.4, -0.2) is 109 Å². The van der Waals surface area contributed by atoms with Crippen LogP contribution in [0.4, 0.5) is 0 Å². The quantitative estimate of drug-likeness (QED) is 0.125. The zero-order valence-electron chi connectivity index (χ0n) is 65.5. The number of carbonyl (C=O) groups excluding carboxylic acids is 9. The van der Waals surface area contributed by atoms with Gasteiger partial charge < -0.3 is 15.5 Å². The molecule has 4 heterocycles. The third kappa shape index (κ3) is 27.1. The van der Waals surface area contributed by atoms with Crippen molar-refractivity contribution >= 4 is 74.7 Å². The Hall–Kier alpha value is -9.89. The third-order valence-electron chi connectivity index (χ3n) is 15.1. The Morgan fingerprint density at radius 3 is 1.14 bits per heavy atom. The number of nitrogens with one attached hydrogen (secondary N) is 2. The molecule has 4 aliphatic rings. The standard InChI is InChI=1S/2C15H13NO2.C13H15NO2.C11H13NO.C11H15NO.C10H13NO.6C2H6.2CH4/c1-9(2)16-14(17)11-7-3-5-10-6-4-8-12(13(10)11)15(16)18;1-9(2)16-14(17)12-7-10-5-3-4-6-11(10)8-13(12)15(16)18;1-9(2)14-12(15)8-11(13(14)16)10-6-4-3-5-7-10;1-8(2)12-7-9-5-3-4-6-10(9)11(12)13;1-9(2)12-11(13)8-10-6-4-3-5-7-10;1-8(2)11-10(12)9-6-4-3-5-7-9;6*1-2;;/h2*3-9H,1-2H3;3-7,9,11H,8H2,1-2H3;3-6,8H,7H2,1-2H3;3-7,9H,8H2,1-2H3,(H,12,13);3-8H,1-2H3,(H,11,12);6*1-2H3;2*1H4. The molecule has 1 saturated heterocycles. The second-order valence-corrected chi connectivity index (χ2v) is 24.0. The van der Waals surface area contributed by atoms with Crippen LogP contribution in [0.3, 0.4) is 0 Å². The molecular weight excluding hydrogens is 1300 g/mol. The molecule has 1 unspecified atom stereocenters. The van der Waals surface area contributed by atoms with E-state index in [0.717, 1.165) is 50.3 Å². The molecule has 0 bridgehead atoms. The predicted octanol–water partition coefficient (Wildman–Crippen LogP) is 20.7. The van der Waals surface area contributed by atoms with E-state index in [-0.39, 0.29) is 104 Å². The lowest BCUT2D eigenvalue weighted by molar-refractivity contribution is -0.140. The summed E-state index contributed by atoms with van der Waals surface area (Å²) in [7, 11) is 0. The van der Waals surface area contributed by atoms with Gasteiger partial charge in [-0.05, 0) is 158 Å². The highest BCUT2D eigenvalue weighted by Gasteiger charge is 2.41. The molecule has 8 aromatic rings. The van der Waals surface area contributed by atoms with E-state index in [2.05, 4.69) is 10.6 Å². The van der Waals surface area contributed by atoms with E-state index in [4.69, 9.17) is 0 Å². The lowest BCUT2D eigenvalue weighted by atomic mass is 9.93. The minimum Gasteiger partial charge on any atom is -0.354 e. The topological polar surface area (TPSA) is 191 Å². The Kier molecular flexibility index (Phi) is 46.7. The van der Waals surface area contributed by atoms with E-state index >= 15 is 0 Å². The molecule has 1 fully saturated rings. The first-order valence-electron chi connectivity index (χ1n) is 36.7. The van der Waals surface area contributed by atoms with Crippen molar-refractivity contribution in [2.45, 2.75) is 243 Å². The van der Waals surface area contributed by atoms with Crippen LogP contribution in [0.5, 0.6) is 0 Å². The zero-order chi connectivity index (χ0) is 77.5. The second kappa shape index (κ2) is 50.5. The van der Waals surface area contributed by atoms with Crippen molar-refractivity contribution < 1.29 is 43.2 Å². The highest BCUT2D eigenvalue weighted by atomic mass is 16.2. The lowest BCUT2D eigenvalue weighted by Crippen LogP contribution is -2.44. The zero-order valence-corrected chi connectivity index (χ0v) is 65.5. The Morgan fingerprint density at radius 2 is 0.750 bits per heavy atom. The van der Waals surface area contributed by atoms with Gasteiger partial charge in [0.1, 0.15) is 0 Å². The van der Waals surface area contributed by atoms with Crippen molar-refractivity contribution in [1.82, 2.24) is 30.2 Å². The average molecular weight is 1420 g/mol. The van der Waals surface area contributed by atoms with Gasteiger partial charge in [0, 0.05) is 76.9 Å². The molecule has 15 heteroatoms. The van der Waals surface area contributed by atoms with E-state index in [1.54, 1.807) is 24.3 Å². The summed E-state index contributed by atoms with van der Waals surface area (Å²) in [5.41, 5.74) is 7.01. The van der Waals surface area contributed by atoms with Gasteiger partial charge in [0.2, 0.25) is 17.7 Å². The summed E-state index contributed by atoms with van der Waals surface area (Å²) in [6, 6.07) is 59.2. The molecule has 12 rings (SSSR count). The lowest BCUT2D eigenvalue weighted by Gasteiger charge is -2.30. The van der Waals surface area contributed by atoms with Crippen molar-refractivity contribution in [3.63, 3.8) is 0 Å². The molecule has 0 radical (unpaired) electrons. The second-order valence-electron chi connectivity index (χ2n) is 24.0. The molecular formula is C89H126N6O9. The van der Waals surface area contributed by atoms with Gasteiger partial charge in [0.25, 0.3) is 35.4 Å². The minimum atomic E-state index is -0.281. The van der Waals surface area contributed by atoms with Crippen LogP contribution < -0.4 is 10.6 Å². The monoisotopic (exact) mass is 1420 g/mol.